The van der Waals surface area contributed by atoms with Crippen molar-refractivity contribution < 1.29 is 9.59 Å². The number of pyridine rings is 1. The summed E-state index contributed by atoms with van der Waals surface area (Å²) in [6, 6.07) is 3.17. The van der Waals surface area contributed by atoms with Gasteiger partial charge >= 0.3 is 0 Å². The van der Waals surface area contributed by atoms with Gasteiger partial charge in [-0.15, -0.1) is 11.8 Å². The Morgan fingerprint density at radius 1 is 1.47 bits per heavy atom. The number of nitrogens with one attached hydrogen (secondary N) is 2. The molecule has 0 bridgehead atoms. The van der Waals surface area contributed by atoms with Gasteiger partial charge in [0.15, 0.2) is 0 Å². The number of hydrazine groups is 1. The zero-order valence-electron chi connectivity index (χ0n) is 9.72. The second-order valence-corrected chi connectivity index (χ2v) is 5.73. The van der Waals surface area contributed by atoms with E-state index in [-0.39, 0.29) is 17.9 Å². The van der Waals surface area contributed by atoms with Crippen LogP contribution in [0, 0.1) is 0 Å². The van der Waals surface area contributed by atoms with Gasteiger partial charge in [-0.2, -0.15) is 0 Å². The minimum absolute atomic E-state index is 0.203. The van der Waals surface area contributed by atoms with E-state index in [4.69, 9.17) is 5.84 Å². The summed E-state index contributed by atoms with van der Waals surface area (Å²) in [6.07, 6.45) is 3.23. The number of amides is 2. The highest BCUT2D eigenvalue weighted by atomic mass is 79.9. The van der Waals surface area contributed by atoms with E-state index >= 15 is 0 Å². The smallest absolute Gasteiger partial charge is 0.271 e. The Kier molecular flexibility index (Phi) is 4.56. The molecule has 1 aromatic heterocycles. The molecule has 0 aliphatic carbocycles. The molecule has 2 heterocycles. The number of halogens is 1. The number of carbonyl (C=O) groups excluding carboxylic acids is 2. The summed E-state index contributed by atoms with van der Waals surface area (Å²) >= 11 is 4.63. The zero-order chi connectivity index (χ0) is 13.8. The summed E-state index contributed by atoms with van der Waals surface area (Å²) < 4.78 is 0.784. The van der Waals surface area contributed by atoms with Gasteiger partial charge in [-0.25, -0.2) is 5.84 Å². The largest absolute Gasteiger partial charge is 0.344 e. The average Bonchev–Trinajstić information content (AvgIpc) is 2.86. The zero-order valence-corrected chi connectivity index (χ0v) is 12.1. The van der Waals surface area contributed by atoms with Crippen molar-refractivity contribution in [3.05, 3.63) is 39.5 Å². The molecule has 0 aromatic carbocycles. The minimum atomic E-state index is -0.345. The lowest BCUT2D eigenvalue weighted by Gasteiger charge is -2.09. The second-order valence-electron chi connectivity index (χ2n) is 3.75. The fourth-order valence-electron chi connectivity index (χ4n) is 1.53. The van der Waals surface area contributed by atoms with Gasteiger partial charge in [0.25, 0.3) is 11.8 Å². The first-order valence-corrected chi connectivity index (χ1v) is 7.16. The molecular weight excluding hydrogens is 332 g/mol. The van der Waals surface area contributed by atoms with E-state index in [1.165, 1.54) is 11.8 Å². The first kappa shape index (κ1) is 14.0. The maximum absolute atomic E-state index is 11.9. The van der Waals surface area contributed by atoms with E-state index in [0.29, 0.717) is 16.4 Å². The summed E-state index contributed by atoms with van der Waals surface area (Å²) in [5.74, 6) is 5.02. The molecule has 0 spiro atoms. The van der Waals surface area contributed by atoms with Crippen molar-refractivity contribution in [1.82, 2.24) is 15.7 Å². The summed E-state index contributed by atoms with van der Waals surface area (Å²) in [5, 5.41) is 2.79. The van der Waals surface area contributed by atoms with Gasteiger partial charge < -0.3 is 5.32 Å². The maximum atomic E-state index is 11.9. The van der Waals surface area contributed by atoms with Crippen LogP contribution in [0.2, 0.25) is 0 Å². The molecule has 0 saturated heterocycles. The third-order valence-electron chi connectivity index (χ3n) is 2.40. The fraction of sp³-hybridized carbons (Fsp3) is 0.182. The quantitative estimate of drug-likeness (QED) is 0.423. The number of carbonyl (C=O) groups is 2. The van der Waals surface area contributed by atoms with E-state index in [2.05, 4.69) is 31.7 Å². The molecule has 19 heavy (non-hydrogen) atoms. The van der Waals surface area contributed by atoms with Crippen LogP contribution in [0.1, 0.15) is 10.5 Å². The van der Waals surface area contributed by atoms with Crippen LogP contribution in [-0.4, -0.2) is 28.6 Å². The summed E-state index contributed by atoms with van der Waals surface area (Å²) in [6.45, 7) is 0. The number of thioether (sulfide) groups is 1. The van der Waals surface area contributed by atoms with Crippen molar-refractivity contribution in [1.29, 1.82) is 0 Å². The van der Waals surface area contributed by atoms with Crippen LogP contribution in [0.3, 0.4) is 0 Å². The van der Waals surface area contributed by atoms with Gasteiger partial charge in [0.2, 0.25) is 0 Å². The van der Waals surface area contributed by atoms with Crippen molar-refractivity contribution >= 4 is 39.5 Å². The SMILES string of the molecule is NNC(=O)C1=CC(NC(=O)c2cc(Br)ccn2)CS1. The number of nitrogens with zero attached hydrogens (tertiary/aromatic N) is 1. The highest BCUT2D eigenvalue weighted by molar-refractivity contribution is 9.10. The van der Waals surface area contributed by atoms with Crippen molar-refractivity contribution in [3.63, 3.8) is 0 Å². The molecule has 0 radical (unpaired) electrons. The molecule has 100 valence electrons. The standard InChI is InChI=1S/C11H11BrN4O2S/c12-6-1-2-14-8(3-6)10(17)15-7-4-9(19-5-7)11(18)16-13/h1-4,7H,5,13H2,(H,15,17)(H,16,18). The Balaban J connectivity index is 2.01. The van der Waals surface area contributed by atoms with Crippen molar-refractivity contribution in [3.8, 4) is 0 Å². The molecule has 0 fully saturated rings. The molecule has 1 aliphatic heterocycles. The van der Waals surface area contributed by atoms with Crippen LogP contribution in [0.15, 0.2) is 33.8 Å². The first-order valence-electron chi connectivity index (χ1n) is 5.38. The predicted molar refractivity (Wildman–Crippen MR) is 76.1 cm³/mol. The molecule has 1 atom stereocenters. The molecule has 0 saturated carbocycles. The van der Waals surface area contributed by atoms with Gasteiger partial charge in [-0.05, 0) is 18.2 Å². The van der Waals surface area contributed by atoms with Gasteiger partial charge in [0.05, 0.1) is 10.9 Å². The Labute approximate surface area is 122 Å². The normalized spacial score (nSPS) is 17.8. The second kappa shape index (κ2) is 6.18. The van der Waals surface area contributed by atoms with E-state index in [9.17, 15) is 9.59 Å². The molecular formula is C11H11BrN4O2S. The van der Waals surface area contributed by atoms with E-state index in [1.807, 2.05) is 0 Å². The number of rotatable bonds is 3. The molecule has 8 heteroatoms. The summed E-state index contributed by atoms with van der Waals surface area (Å²) in [5.41, 5.74) is 2.38. The molecule has 6 nitrogen and oxygen atoms in total. The Morgan fingerprint density at radius 2 is 2.26 bits per heavy atom. The van der Waals surface area contributed by atoms with Crippen LogP contribution in [0.4, 0.5) is 0 Å². The molecule has 2 amide bonds. The molecule has 1 aromatic rings. The van der Waals surface area contributed by atoms with Crippen LogP contribution >= 0.6 is 27.7 Å². The number of hydrogen-bond acceptors (Lipinski definition) is 5. The van der Waals surface area contributed by atoms with Crippen LogP contribution in [-0.2, 0) is 4.79 Å². The summed E-state index contributed by atoms with van der Waals surface area (Å²) in [7, 11) is 0. The monoisotopic (exact) mass is 342 g/mol. The number of hydrogen-bond donors (Lipinski definition) is 3. The lowest BCUT2D eigenvalue weighted by Crippen LogP contribution is -2.34. The van der Waals surface area contributed by atoms with Crippen LogP contribution < -0.4 is 16.6 Å². The van der Waals surface area contributed by atoms with Crippen LogP contribution in [0.5, 0.6) is 0 Å². The lowest BCUT2D eigenvalue weighted by molar-refractivity contribution is -0.116. The maximum Gasteiger partial charge on any atom is 0.271 e. The number of aromatic nitrogens is 1. The van der Waals surface area contributed by atoms with Crippen molar-refractivity contribution in [2.45, 2.75) is 6.04 Å². The molecule has 1 aliphatic rings. The van der Waals surface area contributed by atoms with Gasteiger partial charge in [0.1, 0.15) is 5.69 Å². The Bertz CT molecular complexity index is 549. The predicted octanol–water partition coefficient (Wildman–Crippen LogP) is 0.563. The van der Waals surface area contributed by atoms with E-state index in [0.717, 1.165) is 4.47 Å². The summed E-state index contributed by atoms with van der Waals surface area (Å²) in [4.78, 5) is 27.7. The highest BCUT2D eigenvalue weighted by Gasteiger charge is 2.23. The van der Waals surface area contributed by atoms with Crippen molar-refractivity contribution in [2.24, 2.45) is 5.84 Å². The number of nitrogens with two attached hydrogens (primary N) is 1. The topological polar surface area (TPSA) is 97.1 Å². The Morgan fingerprint density at radius 3 is 2.95 bits per heavy atom. The lowest BCUT2D eigenvalue weighted by atomic mass is 10.2. The van der Waals surface area contributed by atoms with E-state index < -0.39 is 0 Å². The third kappa shape index (κ3) is 3.55. The molecule has 2 rings (SSSR count). The van der Waals surface area contributed by atoms with Gasteiger partial charge in [-0.3, -0.25) is 20.0 Å². The van der Waals surface area contributed by atoms with Crippen LogP contribution in [0.25, 0.3) is 0 Å². The average molecular weight is 343 g/mol. The fourth-order valence-corrected chi connectivity index (χ4v) is 2.85. The highest BCUT2D eigenvalue weighted by Crippen LogP contribution is 2.25. The molecule has 1 unspecified atom stereocenters. The third-order valence-corrected chi connectivity index (χ3v) is 4.05. The van der Waals surface area contributed by atoms with Crippen molar-refractivity contribution in [2.75, 3.05) is 5.75 Å². The Hall–Kier alpha value is -1.38. The first-order chi connectivity index (χ1) is 9.10. The minimum Gasteiger partial charge on any atom is -0.344 e. The van der Waals surface area contributed by atoms with Gasteiger partial charge in [0, 0.05) is 16.4 Å². The van der Waals surface area contributed by atoms with E-state index in [1.54, 1.807) is 24.4 Å². The van der Waals surface area contributed by atoms with Gasteiger partial charge in [-0.1, -0.05) is 15.9 Å². The molecule has 4 N–H and O–H groups in total.